The molecule has 19 heavy (non-hydrogen) atoms. The third kappa shape index (κ3) is 4.97. The van der Waals surface area contributed by atoms with E-state index in [1.54, 1.807) is 25.1 Å². The SMILES string of the molecule is CN(C)C(=O)CCNCc1cccc(C(N)=NO)c1. The number of hydrogen-bond donors (Lipinski definition) is 3. The van der Waals surface area contributed by atoms with Gasteiger partial charge in [-0.15, -0.1) is 0 Å². The molecule has 0 radical (unpaired) electrons. The van der Waals surface area contributed by atoms with Crippen molar-refractivity contribution in [2.24, 2.45) is 10.9 Å². The summed E-state index contributed by atoms with van der Waals surface area (Å²) in [5.41, 5.74) is 7.21. The van der Waals surface area contributed by atoms with E-state index in [1.807, 2.05) is 18.2 Å². The molecule has 0 saturated carbocycles. The molecule has 1 aromatic rings. The number of amidine groups is 1. The van der Waals surface area contributed by atoms with Gasteiger partial charge in [0.2, 0.25) is 5.91 Å². The van der Waals surface area contributed by atoms with Gasteiger partial charge in [-0.2, -0.15) is 0 Å². The Bertz CT molecular complexity index is 458. The first kappa shape index (κ1) is 15.0. The Balaban J connectivity index is 2.44. The highest BCUT2D eigenvalue weighted by molar-refractivity contribution is 5.97. The predicted molar refractivity (Wildman–Crippen MR) is 74.0 cm³/mol. The molecule has 0 saturated heterocycles. The Morgan fingerprint density at radius 2 is 2.21 bits per heavy atom. The smallest absolute Gasteiger partial charge is 0.223 e. The maximum absolute atomic E-state index is 11.4. The average molecular weight is 264 g/mol. The number of nitrogens with two attached hydrogens (primary N) is 1. The van der Waals surface area contributed by atoms with Gasteiger partial charge in [-0.1, -0.05) is 23.4 Å². The van der Waals surface area contributed by atoms with Crippen molar-refractivity contribution in [1.29, 1.82) is 0 Å². The fourth-order valence-corrected chi connectivity index (χ4v) is 1.55. The van der Waals surface area contributed by atoms with E-state index in [0.29, 0.717) is 25.1 Å². The molecule has 0 spiro atoms. The van der Waals surface area contributed by atoms with Crippen molar-refractivity contribution in [1.82, 2.24) is 10.2 Å². The Morgan fingerprint density at radius 3 is 2.84 bits per heavy atom. The number of carbonyl (C=O) groups is 1. The lowest BCUT2D eigenvalue weighted by Gasteiger charge is -2.10. The first-order chi connectivity index (χ1) is 9.04. The minimum atomic E-state index is 0.0876. The van der Waals surface area contributed by atoms with Gasteiger partial charge in [-0.05, 0) is 11.6 Å². The molecule has 0 heterocycles. The third-order valence-corrected chi connectivity index (χ3v) is 2.67. The Labute approximate surface area is 112 Å². The number of hydrogen-bond acceptors (Lipinski definition) is 4. The van der Waals surface area contributed by atoms with Crippen molar-refractivity contribution in [3.05, 3.63) is 35.4 Å². The van der Waals surface area contributed by atoms with Crippen LogP contribution in [0.1, 0.15) is 17.5 Å². The van der Waals surface area contributed by atoms with E-state index in [1.165, 1.54) is 0 Å². The van der Waals surface area contributed by atoms with Crippen LogP contribution in [0.25, 0.3) is 0 Å². The molecule has 1 rings (SSSR count). The second kappa shape index (κ2) is 7.38. The minimum Gasteiger partial charge on any atom is -0.409 e. The number of benzene rings is 1. The van der Waals surface area contributed by atoms with E-state index >= 15 is 0 Å². The third-order valence-electron chi connectivity index (χ3n) is 2.67. The summed E-state index contributed by atoms with van der Waals surface area (Å²) in [5.74, 6) is 0.183. The second-order valence-corrected chi connectivity index (χ2v) is 4.40. The zero-order valence-corrected chi connectivity index (χ0v) is 11.3. The largest absolute Gasteiger partial charge is 0.409 e. The van der Waals surface area contributed by atoms with Crippen LogP contribution in [0, 0.1) is 0 Å². The van der Waals surface area contributed by atoms with Crippen LogP contribution in [0.15, 0.2) is 29.4 Å². The van der Waals surface area contributed by atoms with E-state index in [9.17, 15) is 4.79 Å². The molecule has 0 bridgehead atoms. The molecular formula is C13H20N4O2. The van der Waals surface area contributed by atoms with Gasteiger partial charge in [0.15, 0.2) is 5.84 Å². The quantitative estimate of drug-likeness (QED) is 0.227. The first-order valence-corrected chi connectivity index (χ1v) is 6.02. The predicted octanol–water partition coefficient (Wildman–Crippen LogP) is 0.349. The van der Waals surface area contributed by atoms with Crippen molar-refractivity contribution in [3.63, 3.8) is 0 Å². The molecular weight excluding hydrogens is 244 g/mol. The maximum Gasteiger partial charge on any atom is 0.223 e. The van der Waals surface area contributed by atoms with Crippen LogP contribution < -0.4 is 11.1 Å². The fraction of sp³-hybridized carbons (Fsp3) is 0.385. The number of nitrogens with one attached hydrogen (secondary N) is 1. The van der Waals surface area contributed by atoms with E-state index in [4.69, 9.17) is 10.9 Å². The highest BCUT2D eigenvalue weighted by Crippen LogP contribution is 2.04. The topological polar surface area (TPSA) is 91.0 Å². The number of nitrogens with zero attached hydrogens (tertiary/aromatic N) is 2. The summed E-state index contributed by atoms with van der Waals surface area (Å²) in [7, 11) is 3.48. The van der Waals surface area contributed by atoms with Crippen molar-refractivity contribution in [3.8, 4) is 0 Å². The summed E-state index contributed by atoms with van der Waals surface area (Å²) in [6, 6.07) is 7.40. The van der Waals surface area contributed by atoms with E-state index in [-0.39, 0.29) is 11.7 Å². The van der Waals surface area contributed by atoms with Gasteiger partial charge >= 0.3 is 0 Å². The molecule has 6 heteroatoms. The van der Waals surface area contributed by atoms with Gasteiger partial charge in [-0.3, -0.25) is 4.79 Å². The van der Waals surface area contributed by atoms with Gasteiger partial charge in [0.25, 0.3) is 0 Å². The van der Waals surface area contributed by atoms with Crippen LogP contribution in [0.5, 0.6) is 0 Å². The van der Waals surface area contributed by atoms with Crippen LogP contribution >= 0.6 is 0 Å². The van der Waals surface area contributed by atoms with Crippen LogP contribution in [-0.4, -0.2) is 42.5 Å². The summed E-state index contributed by atoms with van der Waals surface area (Å²) in [4.78, 5) is 12.9. The minimum absolute atomic E-state index is 0.0876. The van der Waals surface area contributed by atoms with Gasteiger partial charge in [-0.25, -0.2) is 0 Å². The zero-order valence-electron chi connectivity index (χ0n) is 11.3. The number of rotatable bonds is 6. The lowest BCUT2D eigenvalue weighted by atomic mass is 10.1. The standard InChI is InChI=1S/C13H20N4O2/c1-17(2)12(18)6-7-15-9-10-4-3-5-11(8-10)13(14)16-19/h3-5,8,15,19H,6-7,9H2,1-2H3,(H2,14,16). The molecule has 0 fully saturated rings. The molecule has 0 aromatic heterocycles. The summed E-state index contributed by atoms with van der Waals surface area (Å²) >= 11 is 0. The zero-order chi connectivity index (χ0) is 14.3. The number of amides is 1. The second-order valence-electron chi connectivity index (χ2n) is 4.40. The highest BCUT2D eigenvalue weighted by atomic mass is 16.4. The lowest BCUT2D eigenvalue weighted by Crippen LogP contribution is -2.26. The van der Waals surface area contributed by atoms with Crippen molar-refractivity contribution >= 4 is 11.7 Å². The molecule has 6 nitrogen and oxygen atoms in total. The molecule has 0 aliphatic rings. The summed E-state index contributed by atoms with van der Waals surface area (Å²) in [6.45, 7) is 1.25. The molecule has 104 valence electrons. The van der Waals surface area contributed by atoms with Crippen molar-refractivity contribution < 1.29 is 10.0 Å². The van der Waals surface area contributed by atoms with Crippen LogP contribution in [0.3, 0.4) is 0 Å². The normalized spacial score (nSPS) is 11.4. The Kier molecular flexibility index (Phi) is 5.81. The number of carbonyl (C=O) groups excluding carboxylic acids is 1. The monoisotopic (exact) mass is 264 g/mol. The van der Waals surface area contributed by atoms with Crippen LogP contribution in [0.2, 0.25) is 0 Å². The number of oxime groups is 1. The molecule has 4 N–H and O–H groups in total. The van der Waals surface area contributed by atoms with Gasteiger partial charge in [0, 0.05) is 39.2 Å². The molecule has 0 aliphatic heterocycles. The molecule has 0 aliphatic carbocycles. The van der Waals surface area contributed by atoms with E-state index in [2.05, 4.69) is 10.5 Å². The average Bonchev–Trinajstić information content (AvgIpc) is 2.42. The molecule has 1 aromatic carbocycles. The molecule has 1 amide bonds. The summed E-state index contributed by atoms with van der Waals surface area (Å²) < 4.78 is 0. The van der Waals surface area contributed by atoms with Gasteiger partial charge in [0.1, 0.15) is 0 Å². The Hall–Kier alpha value is -2.08. The molecule has 0 atom stereocenters. The summed E-state index contributed by atoms with van der Waals surface area (Å²) in [5, 5.41) is 14.8. The van der Waals surface area contributed by atoms with Crippen molar-refractivity contribution in [2.75, 3.05) is 20.6 Å². The van der Waals surface area contributed by atoms with Crippen LogP contribution in [-0.2, 0) is 11.3 Å². The maximum atomic E-state index is 11.4. The van der Waals surface area contributed by atoms with Gasteiger partial charge in [0.05, 0.1) is 0 Å². The van der Waals surface area contributed by atoms with Crippen LogP contribution in [0.4, 0.5) is 0 Å². The van der Waals surface area contributed by atoms with E-state index < -0.39 is 0 Å². The molecule has 0 unspecified atom stereocenters. The lowest BCUT2D eigenvalue weighted by molar-refractivity contribution is -0.128. The fourth-order valence-electron chi connectivity index (χ4n) is 1.55. The highest BCUT2D eigenvalue weighted by Gasteiger charge is 2.03. The van der Waals surface area contributed by atoms with Crippen molar-refractivity contribution in [2.45, 2.75) is 13.0 Å². The van der Waals surface area contributed by atoms with E-state index in [0.717, 1.165) is 5.56 Å². The Morgan fingerprint density at radius 1 is 1.47 bits per heavy atom. The van der Waals surface area contributed by atoms with Gasteiger partial charge < -0.3 is 21.2 Å². The first-order valence-electron chi connectivity index (χ1n) is 6.02. The summed E-state index contributed by atoms with van der Waals surface area (Å²) in [6.07, 6.45) is 0.465.